The lowest BCUT2D eigenvalue weighted by Gasteiger charge is -2.41. The Morgan fingerprint density at radius 2 is 1.94 bits per heavy atom. The zero-order valence-electron chi connectivity index (χ0n) is 20.7. The molecule has 0 aromatic heterocycles. The van der Waals surface area contributed by atoms with Gasteiger partial charge in [0.1, 0.15) is 0 Å². The third-order valence-electron chi connectivity index (χ3n) is 7.04. The average molecular weight is 455 g/mol. The van der Waals surface area contributed by atoms with Crippen molar-refractivity contribution in [3.63, 3.8) is 0 Å². The molecule has 0 aromatic rings. The molecule has 6 nitrogen and oxygen atoms in total. The predicted octanol–water partition coefficient (Wildman–Crippen LogP) is 5.02. The quantitative estimate of drug-likeness (QED) is 0.277. The summed E-state index contributed by atoms with van der Waals surface area (Å²) in [4.78, 5) is 25.5. The molecule has 2 aliphatic rings. The van der Waals surface area contributed by atoms with Crippen LogP contribution in [-0.4, -0.2) is 51.8 Å². The summed E-state index contributed by atoms with van der Waals surface area (Å²) in [5.41, 5.74) is -0.880. The van der Waals surface area contributed by atoms with Gasteiger partial charge in [-0.1, -0.05) is 26.8 Å². The zero-order valence-corrected chi connectivity index (χ0v) is 21.7. The molecule has 1 heterocycles. The maximum absolute atomic E-state index is 13.2. The summed E-state index contributed by atoms with van der Waals surface area (Å²) >= 11 is 0. The van der Waals surface area contributed by atoms with Gasteiger partial charge in [-0.2, -0.15) is 0 Å². The van der Waals surface area contributed by atoms with Crippen LogP contribution in [0.5, 0.6) is 0 Å². The van der Waals surface area contributed by atoms with E-state index in [9.17, 15) is 9.59 Å². The molecule has 31 heavy (non-hydrogen) atoms. The van der Waals surface area contributed by atoms with Crippen LogP contribution >= 0.6 is 0 Å². The molecule has 0 amide bonds. The van der Waals surface area contributed by atoms with E-state index >= 15 is 0 Å². The first-order chi connectivity index (χ1) is 14.2. The van der Waals surface area contributed by atoms with Gasteiger partial charge in [0.05, 0.1) is 24.7 Å². The highest BCUT2D eigenvalue weighted by Crippen LogP contribution is 2.46. The Morgan fingerprint density at radius 3 is 2.48 bits per heavy atom. The molecular formula is C24H42O6Si. The van der Waals surface area contributed by atoms with Gasteiger partial charge in [0.2, 0.25) is 0 Å². The van der Waals surface area contributed by atoms with Crippen molar-refractivity contribution in [2.75, 3.05) is 19.8 Å². The van der Waals surface area contributed by atoms with Gasteiger partial charge in [-0.25, -0.2) is 0 Å². The van der Waals surface area contributed by atoms with Gasteiger partial charge >= 0.3 is 5.97 Å². The predicted molar refractivity (Wildman–Crippen MR) is 123 cm³/mol. The van der Waals surface area contributed by atoms with E-state index in [2.05, 4.69) is 33.9 Å². The van der Waals surface area contributed by atoms with Gasteiger partial charge in [-0.3, -0.25) is 9.59 Å². The fourth-order valence-electron chi connectivity index (χ4n) is 4.13. The maximum atomic E-state index is 13.2. The molecule has 1 aliphatic carbocycles. The number of unbranched alkanes of at least 4 members (excludes halogenated alkanes) is 1. The number of carbonyl (C=O) groups is 2. The van der Waals surface area contributed by atoms with Crippen LogP contribution in [0.4, 0.5) is 0 Å². The maximum Gasteiger partial charge on any atom is 0.316 e. The van der Waals surface area contributed by atoms with Gasteiger partial charge < -0.3 is 18.6 Å². The molecule has 7 heteroatoms. The molecule has 0 spiro atoms. The van der Waals surface area contributed by atoms with Crippen molar-refractivity contribution in [3.8, 4) is 0 Å². The number of hydrogen-bond donors (Lipinski definition) is 0. The number of esters is 1. The van der Waals surface area contributed by atoms with Crippen LogP contribution in [0.15, 0.2) is 12.2 Å². The van der Waals surface area contributed by atoms with E-state index in [0.717, 1.165) is 12.8 Å². The highest BCUT2D eigenvalue weighted by molar-refractivity contribution is 6.74. The number of ketones is 1. The lowest BCUT2D eigenvalue weighted by atomic mass is 9.64. The molecule has 2 unspecified atom stereocenters. The standard InChI is InChI=1S/C24H42O6Si/c1-9-27-21(26)24(13-10-11-15-29-31(7,8)22(2,3)4)14-12-18(25)16-19(24)20-17-28-23(5,6)30-20/h12,14,19-20H,9-11,13,15-17H2,1-8H3/t19?,20-,24?/m0/s1. The third kappa shape index (κ3) is 6.27. The molecule has 1 saturated heterocycles. The summed E-state index contributed by atoms with van der Waals surface area (Å²) in [5.74, 6) is -1.28. The van der Waals surface area contributed by atoms with Crippen molar-refractivity contribution in [1.29, 1.82) is 0 Å². The van der Waals surface area contributed by atoms with Crippen LogP contribution in [0.3, 0.4) is 0 Å². The molecule has 0 saturated carbocycles. The third-order valence-corrected chi connectivity index (χ3v) is 11.6. The molecular weight excluding hydrogens is 412 g/mol. The minimum atomic E-state index is -1.79. The van der Waals surface area contributed by atoms with Crippen LogP contribution in [0, 0.1) is 11.3 Å². The molecule has 0 aromatic carbocycles. The van der Waals surface area contributed by atoms with E-state index in [1.807, 2.05) is 20.8 Å². The summed E-state index contributed by atoms with van der Waals surface area (Å²) in [6, 6.07) is 0. The molecule has 1 fully saturated rings. The minimum absolute atomic E-state index is 0.0134. The number of ether oxygens (including phenoxy) is 3. The minimum Gasteiger partial charge on any atom is -0.465 e. The lowest BCUT2D eigenvalue weighted by molar-refractivity contribution is -0.170. The van der Waals surface area contributed by atoms with Crippen molar-refractivity contribution in [2.45, 2.75) is 97.2 Å². The van der Waals surface area contributed by atoms with Gasteiger partial charge in [0.15, 0.2) is 19.9 Å². The monoisotopic (exact) mass is 454 g/mol. The fourth-order valence-corrected chi connectivity index (χ4v) is 5.22. The summed E-state index contributed by atoms with van der Waals surface area (Å²) in [7, 11) is -1.79. The molecule has 0 N–H and O–H groups in total. The summed E-state index contributed by atoms with van der Waals surface area (Å²) in [5, 5.41) is 0.170. The van der Waals surface area contributed by atoms with E-state index in [1.54, 1.807) is 12.2 Å². The SMILES string of the molecule is CCOC(=O)C1(CCCCO[Si](C)(C)C(C)(C)C)C=CC(=O)CC1[C@@H]1COC(C)(C)O1. The van der Waals surface area contributed by atoms with E-state index in [1.165, 1.54) is 0 Å². The van der Waals surface area contributed by atoms with Crippen LogP contribution < -0.4 is 0 Å². The van der Waals surface area contributed by atoms with Crippen LogP contribution in [0.2, 0.25) is 18.1 Å². The van der Waals surface area contributed by atoms with Gasteiger partial charge in [-0.05, 0) is 64.2 Å². The molecule has 178 valence electrons. The van der Waals surface area contributed by atoms with Gasteiger partial charge in [0, 0.05) is 18.9 Å². The topological polar surface area (TPSA) is 71.1 Å². The number of carbonyl (C=O) groups excluding carboxylic acids is 2. The Morgan fingerprint density at radius 1 is 1.26 bits per heavy atom. The summed E-state index contributed by atoms with van der Waals surface area (Å²) in [6.45, 7) is 18.1. The van der Waals surface area contributed by atoms with Crippen molar-refractivity contribution >= 4 is 20.1 Å². The zero-order chi connectivity index (χ0) is 23.5. The van der Waals surface area contributed by atoms with E-state index in [4.69, 9.17) is 18.6 Å². The molecule has 0 bridgehead atoms. The first kappa shape index (κ1) is 26.2. The highest BCUT2D eigenvalue weighted by atomic mass is 28.4. The van der Waals surface area contributed by atoms with E-state index in [-0.39, 0.29) is 35.2 Å². The second-order valence-corrected chi connectivity index (χ2v) is 15.6. The van der Waals surface area contributed by atoms with Crippen molar-refractivity contribution in [2.24, 2.45) is 11.3 Å². The second kappa shape index (κ2) is 9.85. The Balaban J connectivity index is 2.14. The Kier molecular flexibility index (Phi) is 8.34. The fraction of sp³-hybridized carbons (Fsp3) is 0.833. The van der Waals surface area contributed by atoms with Gasteiger partial charge in [0.25, 0.3) is 0 Å². The molecule has 2 rings (SSSR count). The van der Waals surface area contributed by atoms with Crippen molar-refractivity contribution in [1.82, 2.24) is 0 Å². The molecule has 1 aliphatic heterocycles. The lowest BCUT2D eigenvalue weighted by Crippen LogP contribution is -2.48. The number of rotatable bonds is 9. The Bertz CT molecular complexity index is 678. The first-order valence-electron chi connectivity index (χ1n) is 11.6. The normalized spacial score (nSPS) is 28.7. The van der Waals surface area contributed by atoms with Crippen LogP contribution in [-0.2, 0) is 28.2 Å². The first-order valence-corrected chi connectivity index (χ1v) is 14.5. The van der Waals surface area contributed by atoms with Crippen LogP contribution in [0.25, 0.3) is 0 Å². The number of allylic oxidation sites excluding steroid dienone is 1. The van der Waals surface area contributed by atoms with Crippen molar-refractivity contribution in [3.05, 3.63) is 12.2 Å². The van der Waals surface area contributed by atoms with E-state index < -0.39 is 19.5 Å². The Hall–Kier alpha value is -1.02. The van der Waals surface area contributed by atoms with Crippen LogP contribution in [0.1, 0.15) is 67.2 Å². The average Bonchev–Trinajstić information content (AvgIpc) is 3.01. The Labute approximate surface area is 189 Å². The largest absolute Gasteiger partial charge is 0.465 e. The smallest absolute Gasteiger partial charge is 0.316 e. The molecule has 3 atom stereocenters. The molecule has 0 radical (unpaired) electrons. The van der Waals surface area contributed by atoms with E-state index in [0.29, 0.717) is 26.2 Å². The van der Waals surface area contributed by atoms with Crippen molar-refractivity contribution < 1.29 is 28.2 Å². The number of hydrogen-bond acceptors (Lipinski definition) is 6. The summed E-state index contributed by atoms with van der Waals surface area (Å²) in [6.07, 6.45) is 5.51. The summed E-state index contributed by atoms with van der Waals surface area (Å²) < 4.78 is 23.7. The second-order valence-electron chi connectivity index (χ2n) is 10.8. The highest BCUT2D eigenvalue weighted by Gasteiger charge is 2.53. The van der Waals surface area contributed by atoms with Gasteiger partial charge in [-0.15, -0.1) is 0 Å².